The number of piperidine rings is 1. The zero-order valence-electron chi connectivity index (χ0n) is 21.1. The summed E-state index contributed by atoms with van der Waals surface area (Å²) in [6.07, 6.45) is -1.17. The maximum atomic E-state index is 13.2. The zero-order valence-corrected chi connectivity index (χ0v) is 20.1. The number of H-pyrrole nitrogens is 1. The summed E-state index contributed by atoms with van der Waals surface area (Å²) < 4.78 is 64.0. The lowest BCUT2D eigenvalue weighted by Crippen LogP contribution is -2.53. The van der Waals surface area contributed by atoms with Gasteiger partial charge in [0.05, 0.1) is 19.7 Å². The molecule has 2 aliphatic rings. The molecule has 0 radical (unpaired) electrons. The molecule has 4 aromatic heterocycles. The van der Waals surface area contributed by atoms with Crippen LogP contribution in [0.25, 0.3) is 27.9 Å². The predicted molar refractivity (Wildman–Crippen MR) is 129 cm³/mol. The minimum absolute atomic E-state index is 0.0425. The first-order chi connectivity index (χ1) is 18.1. The highest BCUT2D eigenvalue weighted by Crippen LogP contribution is 2.41. The Morgan fingerprint density at radius 3 is 2.65 bits per heavy atom. The Kier molecular flexibility index (Phi) is 5.41. The van der Waals surface area contributed by atoms with E-state index in [-0.39, 0.29) is 42.5 Å². The Hall–Kier alpha value is -3.48. The van der Waals surface area contributed by atoms with Crippen molar-refractivity contribution in [3.8, 4) is 11.3 Å². The van der Waals surface area contributed by atoms with Crippen LogP contribution in [0.2, 0.25) is 0 Å². The number of alkyl halides is 4. The van der Waals surface area contributed by atoms with Crippen LogP contribution in [-0.4, -0.2) is 71.6 Å². The number of pyridine rings is 1. The summed E-state index contributed by atoms with van der Waals surface area (Å²) >= 11 is 0. The van der Waals surface area contributed by atoms with Crippen molar-refractivity contribution in [1.82, 2.24) is 34.0 Å². The van der Waals surface area contributed by atoms with Gasteiger partial charge in [-0.05, 0) is 38.0 Å². The molecular formula is C24H27F4N9. The van der Waals surface area contributed by atoms with Gasteiger partial charge in [-0.2, -0.15) is 4.98 Å². The number of aromatic amines is 1. The number of nitrogens with zero attached hydrogens (tertiary/aromatic N) is 7. The summed E-state index contributed by atoms with van der Waals surface area (Å²) in [5.41, 5.74) is 8.82. The van der Waals surface area contributed by atoms with Gasteiger partial charge in [-0.1, -0.05) is 0 Å². The third-order valence-electron chi connectivity index (χ3n) is 7.27. The number of nitrogens with two attached hydrogens (primary N) is 1. The van der Waals surface area contributed by atoms with Gasteiger partial charge in [0, 0.05) is 43.7 Å². The van der Waals surface area contributed by atoms with Gasteiger partial charge in [0.15, 0.2) is 11.5 Å². The third kappa shape index (κ3) is 4.45. The molecule has 0 amide bonds. The van der Waals surface area contributed by atoms with E-state index in [4.69, 9.17) is 7.10 Å². The fraction of sp³-hybridized carbons (Fsp3) is 0.500. The summed E-state index contributed by atoms with van der Waals surface area (Å²) in [5.74, 6) is -1.96. The lowest BCUT2D eigenvalue weighted by Gasteiger charge is -2.44. The van der Waals surface area contributed by atoms with Crippen LogP contribution in [-0.2, 0) is 6.54 Å². The average Bonchev–Trinajstić information content (AvgIpc) is 3.34. The van der Waals surface area contributed by atoms with Crippen LogP contribution < -0.4 is 11.4 Å². The summed E-state index contributed by atoms with van der Waals surface area (Å²) in [4.78, 5) is 20.1. The number of anilines is 1. The molecule has 6 rings (SSSR count). The molecule has 1 saturated heterocycles. The fourth-order valence-corrected chi connectivity index (χ4v) is 5.33. The molecule has 0 aromatic carbocycles. The van der Waals surface area contributed by atoms with Crippen molar-refractivity contribution in [2.45, 2.75) is 63.6 Å². The van der Waals surface area contributed by atoms with Crippen molar-refractivity contribution in [3.05, 3.63) is 35.8 Å². The van der Waals surface area contributed by atoms with Crippen molar-refractivity contribution < 1.29 is 18.9 Å². The van der Waals surface area contributed by atoms with Crippen molar-refractivity contribution in [2.24, 2.45) is 4.99 Å². The molecule has 0 unspecified atom stereocenters. The van der Waals surface area contributed by atoms with Crippen LogP contribution in [0.1, 0.15) is 32.9 Å². The minimum Gasteiger partial charge on any atom is -0.382 e. The fourth-order valence-electron chi connectivity index (χ4n) is 5.33. The van der Waals surface area contributed by atoms with Gasteiger partial charge >= 0.3 is 0 Å². The Balaban J connectivity index is 1.29. The van der Waals surface area contributed by atoms with Crippen molar-refractivity contribution >= 4 is 22.5 Å². The largest absolute Gasteiger partial charge is 0.382 e. The number of imidazole rings is 1. The van der Waals surface area contributed by atoms with Gasteiger partial charge in [0.2, 0.25) is 5.62 Å². The second-order valence-corrected chi connectivity index (χ2v) is 9.82. The smallest absolute Gasteiger partial charge is 0.256 e. The molecule has 196 valence electrons. The van der Waals surface area contributed by atoms with Crippen LogP contribution in [0.4, 0.5) is 23.4 Å². The normalized spacial score (nSPS) is 20.3. The molecule has 4 aromatic rings. The number of likely N-dealkylation sites (tertiary alicyclic amines) is 1. The van der Waals surface area contributed by atoms with Crippen LogP contribution >= 0.6 is 0 Å². The quantitative estimate of drug-likeness (QED) is 0.394. The maximum absolute atomic E-state index is 13.2. The number of fused-ring (bicyclic) bond motifs is 2. The number of hydrogen-bond acceptors (Lipinski definition) is 6. The van der Waals surface area contributed by atoms with E-state index in [1.165, 1.54) is 9.08 Å². The van der Waals surface area contributed by atoms with Crippen LogP contribution in [0.5, 0.6) is 0 Å². The molecule has 5 heterocycles. The SMILES string of the molecule is [2H]c1cc(-c2ccc3nc(C)n(CC(F)F)c3n2)c2c(N)nc(=NC3CCN(C4CC(F)(F)C4)CC3)[nH]n12. The second-order valence-electron chi connectivity index (χ2n) is 9.82. The second kappa shape index (κ2) is 8.82. The van der Waals surface area contributed by atoms with Crippen LogP contribution in [0, 0.1) is 6.92 Å². The van der Waals surface area contributed by atoms with E-state index in [0.717, 1.165) is 12.8 Å². The van der Waals surface area contributed by atoms with Gasteiger partial charge in [0.25, 0.3) is 12.3 Å². The van der Waals surface area contributed by atoms with Gasteiger partial charge < -0.3 is 10.3 Å². The van der Waals surface area contributed by atoms with Crippen molar-refractivity contribution in [3.63, 3.8) is 0 Å². The first kappa shape index (κ1) is 22.7. The number of rotatable bonds is 5. The van der Waals surface area contributed by atoms with Crippen LogP contribution in [0.15, 0.2) is 29.4 Å². The topological polar surface area (TPSA) is 105 Å². The minimum atomic E-state index is -2.56. The molecule has 1 aliphatic carbocycles. The number of aromatic nitrogens is 6. The van der Waals surface area contributed by atoms with E-state index in [2.05, 4.69) is 29.9 Å². The van der Waals surface area contributed by atoms with Crippen molar-refractivity contribution in [1.29, 1.82) is 0 Å². The maximum Gasteiger partial charge on any atom is 0.256 e. The molecule has 0 atom stereocenters. The van der Waals surface area contributed by atoms with Gasteiger partial charge in [-0.25, -0.2) is 32.5 Å². The Morgan fingerprint density at radius 1 is 1.19 bits per heavy atom. The molecule has 0 spiro atoms. The molecular weight excluding hydrogens is 490 g/mol. The summed E-state index contributed by atoms with van der Waals surface area (Å²) in [6, 6.07) is 4.89. The number of hydrogen-bond donors (Lipinski definition) is 2. The van der Waals surface area contributed by atoms with E-state index < -0.39 is 18.9 Å². The lowest BCUT2D eigenvalue weighted by atomic mass is 9.85. The van der Waals surface area contributed by atoms with E-state index >= 15 is 0 Å². The number of nitrogens with one attached hydrogen (secondary N) is 1. The zero-order chi connectivity index (χ0) is 26.8. The van der Waals surface area contributed by atoms with E-state index in [0.29, 0.717) is 46.9 Å². The van der Waals surface area contributed by atoms with E-state index in [1.807, 2.05) is 0 Å². The Bertz CT molecular complexity index is 1580. The average molecular weight is 519 g/mol. The number of aryl methyl sites for hydroxylation is 1. The molecule has 1 aliphatic heterocycles. The van der Waals surface area contributed by atoms with Gasteiger partial charge in [-0.15, -0.1) is 0 Å². The van der Waals surface area contributed by atoms with Gasteiger partial charge in [-0.3, -0.25) is 14.5 Å². The van der Waals surface area contributed by atoms with Crippen molar-refractivity contribution in [2.75, 3.05) is 18.8 Å². The molecule has 2 fully saturated rings. The first-order valence-electron chi connectivity index (χ1n) is 12.7. The molecule has 1 saturated carbocycles. The molecule has 37 heavy (non-hydrogen) atoms. The highest BCUT2D eigenvalue weighted by Gasteiger charge is 2.48. The molecule has 3 N–H and O–H groups in total. The van der Waals surface area contributed by atoms with E-state index in [1.54, 1.807) is 25.1 Å². The summed E-state index contributed by atoms with van der Waals surface area (Å²) in [5, 5.41) is 3.03. The molecule has 13 heteroatoms. The van der Waals surface area contributed by atoms with Crippen LogP contribution in [0.3, 0.4) is 0 Å². The highest BCUT2D eigenvalue weighted by atomic mass is 19.3. The highest BCUT2D eigenvalue weighted by molar-refractivity contribution is 5.88. The monoisotopic (exact) mass is 518 g/mol. The standard InChI is InChI=1S/C24H27F4N9/c1-13-30-18-3-2-17(32-22(18)36(13)12-19(25)26)16-6-9-37-20(16)21(29)33-23(34-37)31-14-4-7-35(8-5-14)15-10-24(27,28)11-15/h2-3,6,9,14-15,19H,4-5,7-8,10-12H2,1H3,(H3,29,31,33,34)/i9D. The van der Waals surface area contributed by atoms with Gasteiger partial charge in [0.1, 0.15) is 16.9 Å². The predicted octanol–water partition coefficient (Wildman–Crippen LogP) is 3.39. The molecule has 9 nitrogen and oxygen atoms in total. The lowest BCUT2D eigenvalue weighted by molar-refractivity contribution is -0.127. The van der Waals surface area contributed by atoms with E-state index in [9.17, 15) is 17.6 Å². The number of nitrogen functional groups attached to an aromatic ring is 1. The first-order valence-corrected chi connectivity index (χ1v) is 12.2. The Labute approximate surface area is 210 Å². The number of halogens is 4. The Morgan fingerprint density at radius 2 is 1.95 bits per heavy atom. The summed E-state index contributed by atoms with van der Waals surface area (Å²) in [6.45, 7) is 2.52. The molecule has 0 bridgehead atoms. The summed E-state index contributed by atoms with van der Waals surface area (Å²) in [7, 11) is 0. The third-order valence-corrected chi connectivity index (χ3v) is 7.27.